The van der Waals surface area contributed by atoms with Gasteiger partial charge in [-0.15, -0.1) is 0 Å². The molecular formula is C19H17NO7. The largest absolute Gasteiger partial charge is 0.482 e. The highest BCUT2D eigenvalue weighted by atomic mass is 16.6. The van der Waals surface area contributed by atoms with Gasteiger partial charge in [0.25, 0.3) is 0 Å². The summed E-state index contributed by atoms with van der Waals surface area (Å²) in [5.74, 6) is -0.116. The van der Waals surface area contributed by atoms with E-state index in [1.54, 1.807) is 24.3 Å². The van der Waals surface area contributed by atoms with Gasteiger partial charge in [0, 0.05) is 11.1 Å². The second-order valence-corrected chi connectivity index (χ2v) is 5.59. The summed E-state index contributed by atoms with van der Waals surface area (Å²) in [5, 5.41) is 12.9. The maximum absolute atomic E-state index is 11.2. The van der Waals surface area contributed by atoms with E-state index >= 15 is 0 Å². The molecule has 0 aromatic heterocycles. The van der Waals surface area contributed by atoms with Gasteiger partial charge in [-0.05, 0) is 47.5 Å². The van der Waals surface area contributed by atoms with Crippen molar-refractivity contribution in [3.63, 3.8) is 0 Å². The number of hydrogen-bond acceptors (Lipinski definition) is 8. The van der Waals surface area contributed by atoms with Crippen molar-refractivity contribution in [3.8, 4) is 22.6 Å². The predicted octanol–water partition coefficient (Wildman–Crippen LogP) is 2.00. The Morgan fingerprint density at radius 2 is 1.26 bits per heavy atom. The van der Waals surface area contributed by atoms with Gasteiger partial charge in [-0.3, -0.25) is 0 Å². The van der Waals surface area contributed by atoms with Crippen LogP contribution < -0.4 is 9.47 Å². The van der Waals surface area contributed by atoms with Gasteiger partial charge in [-0.1, -0.05) is 5.16 Å². The summed E-state index contributed by atoms with van der Waals surface area (Å²) in [6.45, 7) is -0.446. The molecule has 1 aliphatic carbocycles. The van der Waals surface area contributed by atoms with Gasteiger partial charge in [0.2, 0.25) is 0 Å². The van der Waals surface area contributed by atoms with Crippen LogP contribution in [0.5, 0.6) is 11.5 Å². The summed E-state index contributed by atoms with van der Waals surface area (Å²) in [6, 6.07) is 10.4. The lowest BCUT2D eigenvalue weighted by atomic mass is 10.1. The molecular weight excluding hydrogens is 354 g/mol. The third-order valence-electron chi connectivity index (χ3n) is 4.05. The first kappa shape index (κ1) is 18.2. The lowest BCUT2D eigenvalue weighted by Crippen LogP contribution is -2.13. The summed E-state index contributed by atoms with van der Waals surface area (Å²) >= 11 is 0. The molecule has 140 valence electrons. The number of methoxy groups -OCH3 is 2. The Morgan fingerprint density at radius 1 is 0.815 bits per heavy atom. The van der Waals surface area contributed by atoms with E-state index in [0.29, 0.717) is 28.3 Å². The number of carbonyl (C=O) groups is 2. The van der Waals surface area contributed by atoms with Crippen molar-refractivity contribution in [2.24, 2.45) is 5.16 Å². The van der Waals surface area contributed by atoms with Crippen LogP contribution in [0, 0.1) is 0 Å². The number of oxime groups is 1. The minimum Gasteiger partial charge on any atom is -0.482 e. The smallest absolute Gasteiger partial charge is 0.343 e. The molecule has 0 spiro atoms. The lowest BCUT2D eigenvalue weighted by Gasteiger charge is -2.07. The highest BCUT2D eigenvalue weighted by molar-refractivity contribution is 6.24. The minimum absolute atomic E-state index is 0.223. The Bertz CT molecular complexity index is 849. The second-order valence-electron chi connectivity index (χ2n) is 5.59. The van der Waals surface area contributed by atoms with Gasteiger partial charge in [-0.25, -0.2) is 9.59 Å². The Balaban J connectivity index is 1.87. The van der Waals surface area contributed by atoms with Crippen LogP contribution in [0.3, 0.4) is 0 Å². The lowest BCUT2D eigenvalue weighted by molar-refractivity contribution is -0.143. The van der Waals surface area contributed by atoms with Crippen LogP contribution in [0.2, 0.25) is 0 Å². The van der Waals surface area contributed by atoms with E-state index < -0.39 is 11.9 Å². The molecule has 0 aliphatic heterocycles. The Hall–Kier alpha value is -3.55. The Labute approximate surface area is 154 Å². The maximum atomic E-state index is 11.2. The van der Waals surface area contributed by atoms with Crippen LogP contribution in [-0.4, -0.2) is 50.3 Å². The first-order valence-electron chi connectivity index (χ1n) is 7.98. The van der Waals surface area contributed by atoms with E-state index in [4.69, 9.17) is 9.47 Å². The van der Waals surface area contributed by atoms with Crippen LogP contribution >= 0.6 is 0 Å². The number of fused-ring (bicyclic) bond motifs is 3. The average Bonchev–Trinajstić information content (AvgIpc) is 3.01. The topological polar surface area (TPSA) is 104 Å². The molecule has 2 aromatic rings. The van der Waals surface area contributed by atoms with E-state index in [1.807, 2.05) is 12.1 Å². The molecule has 0 unspecified atom stereocenters. The third-order valence-corrected chi connectivity index (χ3v) is 4.05. The van der Waals surface area contributed by atoms with Crippen molar-refractivity contribution in [1.29, 1.82) is 0 Å². The van der Waals surface area contributed by atoms with Gasteiger partial charge >= 0.3 is 11.9 Å². The SMILES string of the molecule is COC(=O)COc1ccc2c(c1)C(=NO)c1cc(OCC(=O)OC)ccc1-2. The molecule has 0 saturated heterocycles. The molecule has 0 amide bonds. The van der Waals surface area contributed by atoms with Gasteiger partial charge in [-0.2, -0.15) is 0 Å². The van der Waals surface area contributed by atoms with Gasteiger partial charge in [0.05, 0.1) is 14.2 Å². The first-order valence-corrected chi connectivity index (χ1v) is 7.98. The summed E-state index contributed by atoms with van der Waals surface area (Å²) in [5.41, 5.74) is 3.34. The molecule has 27 heavy (non-hydrogen) atoms. The van der Waals surface area contributed by atoms with E-state index in [9.17, 15) is 14.8 Å². The molecule has 8 nitrogen and oxygen atoms in total. The van der Waals surface area contributed by atoms with Crippen LogP contribution in [0.15, 0.2) is 41.6 Å². The van der Waals surface area contributed by atoms with E-state index in [0.717, 1.165) is 11.1 Å². The van der Waals surface area contributed by atoms with Crippen LogP contribution in [0.1, 0.15) is 11.1 Å². The van der Waals surface area contributed by atoms with Gasteiger partial charge in [0.1, 0.15) is 17.2 Å². The average molecular weight is 371 g/mol. The number of nitrogens with zero attached hydrogens (tertiary/aromatic N) is 1. The predicted molar refractivity (Wildman–Crippen MR) is 94.3 cm³/mol. The van der Waals surface area contributed by atoms with Crippen molar-refractivity contribution in [2.45, 2.75) is 0 Å². The molecule has 0 fully saturated rings. The number of rotatable bonds is 6. The van der Waals surface area contributed by atoms with E-state index in [-0.39, 0.29) is 13.2 Å². The highest BCUT2D eigenvalue weighted by Gasteiger charge is 2.27. The van der Waals surface area contributed by atoms with E-state index in [2.05, 4.69) is 14.6 Å². The molecule has 1 aliphatic rings. The third kappa shape index (κ3) is 3.69. The molecule has 0 atom stereocenters. The number of benzene rings is 2. The fraction of sp³-hybridized carbons (Fsp3) is 0.211. The van der Waals surface area contributed by atoms with Crippen molar-refractivity contribution in [3.05, 3.63) is 47.5 Å². The molecule has 0 bridgehead atoms. The normalized spacial score (nSPS) is 11.3. The maximum Gasteiger partial charge on any atom is 0.343 e. The van der Waals surface area contributed by atoms with Crippen molar-refractivity contribution < 1.29 is 33.7 Å². The number of esters is 2. The monoisotopic (exact) mass is 371 g/mol. The summed E-state index contributed by atoms with van der Waals surface area (Å²) < 4.78 is 19.9. The molecule has 3 rings (SSSR count). The van der Waals surface area contributed by atoms with Crippen LogP contribution in [-0.2, 0) is 19.1 Å². The second kappa shape index (κ2) is 7.77. The van der Waals surface area contributed by atoms with Crippen LogP contribution in [0.25, 0.3) is 11.1 Å². The standard InChI is InChI=1S/C19H17NO7/c1-24-17(21)9-26-11-3-5-13-14-6-4-12(27-10-18(22)25-2)8-16(14)19(20-23)15(13)7-11/h3-8,23H,9-10H2,1-2H3. The van der Waals surface area contributed by atoms with Gasteiger partial charge < -0.3 is 24.2 Å². The fourth-order valence-corrected chi connectivity index (χ4v) is 2.74. The number of ether oxygens (including phenoxy) is 4. The molecule has 0 saturated carbocycles. The van der Waals surface area contributed by atoms with Gasteiger partial charge in [0.15, 0.2) is 13.2 Å². The summed E-state index contributed by atoms with van der Waals surface area (Å²) in [7, 11) is 2.56. The summed E-state index contributed by atoms with van der Waals surface area (Å²) in [4.78, 5) is 22.5. The number of carbonyl (C=O) groups excluding carboxylic acids is 2. The zero-order valence-corrected chi connectivity index (χ0v) is 14.7. The Kier molecular flexibility index (Phi) is 5.25. The Morgan fingerprint density at radius 3 is 1.63 bits per heavy atom. The minimum atomic E-state index is -0.498. The highest BCUT2D eigenvalue weighted by Crippen LogP contribution is 2.40. The quantitative estimate of drug-likeness (QED) is 0.401. The number of hydrogen-bond donors (Lipinski definition) is 1. The van der Waals surface area contributed by atoms with Crippen molar-refractivity contribution in [2.75, 3.05) is 27.4 Å². The summed E-state index contributed by atoms with van der Waals surface area (Å²) in [6.07, 6.45) is 0. The zero-order valence-electron chi connectivity index (χ0n) is 14.7. The fourth-order valence-electron chi connectivity index (χ4n) is 2.74. The first-order chi connectivity index (χ1) is 13.1. The zero-order chi connectivity index (χ0) is 19.4. The molecule has 0 radical (unpaired) electrons. The molecule has 1 N–H and O–H groups in total. The molecule has 2 aromatic carbocycles. The molecule has 8 heteroatoms. The van der Waals surface area contributed by atoms with E-state index in [1.165, 1.54) is 14.2 Å². The van der Waals surface area contributed by atoms with Crippen LogP contribution in [0.4, 0.5) is 0 Å². The van der Waals surface area contributed by atoms with Crippen molar-refractivity contribution >= 4 is 17.7 Å². The van der Waals surface area contributed by atoms with Crippen molar-refractivity contribution in [1.82, 2.24) is 0 Å². The molecule has 0 heterocycles.